The van der Waals surface area contributed by atoms with Gasteiger partial charge in [0.15, 0.2) is 5.03 Å². The fourth-order valence-electron chi connectivity index (χ4n) is 0.831. The average Bonchev–Trinajstić information content (AvgIpc) is 2.53. The number of aromatic amines is 1. The van der Waals surface area contributed by atoms with E-state index in [0.29, 0.717) is 0 Å². The molecular formula is C7H12N4O3S. The molecule has 1 amide bonds. The van der Waals surface area contributed by atoms with Crippen molar-refractivity contribution in [2.24, 2.45) is 5.73 Å². The van der Waals surface area contributed by atoms with Gasteiger partial charge in [0.1, 0.15) is 5.54 Å². The van der Waals surface area contributed by atoms with Gasteiger partial charge in [-0.1, -0.05) is 0 Å². The molecule has 8 heteroatoms. The van der Waals surface area contributed by atoms with E-state index >= 15 is 0 Å². The molecule has 0 saturated heterocycles. The molecule has 0 atom stereocenters. The zero-order valence-electron chi connectivity index (χ0n) is 8.31. The van der Waals surface area contributed by atoms with Crippen LogP contribution in [0, 0.1) is 0 Å². The third-order valence-electron chi connectivity index (χ3n) is 1.77. The van der Waals surface area contributed by atoms with E-state index in [2.05, 4.69) is 14.7 Å². The van der Waals surface area contributed by atoms with Crippen LogP contribution in [0.4, 0.5) is 0 Å². The summed E-state index contributed by atoms with van der Waals surface area (Å²) < 4.78 is 25.4. The zero-order valence-corrected chi connectivity index (χ0v) is 9.13. The summed E-state index contributed by atoms with van der Waals surface area (Å²) in [5, 5.41) is -0.114. The summed E-state index contributed by atoms with van der Waals surface area (Å²) in [5.41, 5.74) is 3.70. The first-order chi connectivity index (χ1) is 6.76. The second-order valence-corrected chi connectivity index (χ2v) is 5.16. The Labute approximate surface area is 87.1 Å². The van der Waals surface area contributed by atoms with E-state index in [4.69, 9.17) is 5.73 Å². The molecule has 84 valence electrons. The number of H-pyrrole nitrogens is 1. The number of nitrogens with two attached hydrogens (primary N) is 1. The topological polar surface area (TPSA) is 118 Å². The van der Waals surface area contributed by atoms with Crippen molar-refractivity contribution in [1.29, 1.82) is 0 Å². The van der Waals surface area contributed by atoms with Gasteiger partial charge in [0.2, 0.25) is 5.91 Å². The van der Waals surface area contributed by atoms with Gasteiger partial charge in [-0.15, -0.1) is 0 Å². The first-order valence-corrected chi connectivity index (χ1v) is 5.56. The highest BCUT2D eigenvalue weighted by molar-refractivity contribution is 7.89. The highest BCUT2D eigenvalue weighted by Gasteiger charge is 2.31. The first-order valence-electron chi connectivity index (χ1n) is 4.08. The number of sulfonamides is 1. The number of hydrogen-bond acceptors (Lipinski definition) is 4. The Hall–Kier alpha value is -1.41. The van der Waals surface area contributed by atoms with E-state index in [-0.39, 0.29) is 5.03 Å². The highest BCUT2D eigenvalue weighted by atomic mass is 32.2. The van der Waals surface area contributed by atoms with Crippen molar-refractivity contribution in [2.45, 2.75) is 24.4 Å². The second kappa shape index (κ2) is 3.63. The minimum absolute atomic E-state index is 0.114. The maximum Gasteiger partial charge on any atom is 0.258 e. The van der Waals surface area contributed by atoms with Crippen LogP contribution in [0.2, 0.25) is 0 Å². The largest absolute Gasteiger partial charge is 0.368 e. The molecule has 0 saturated carbocycles. The number of rotatable bonds is 4. The van der Waals surface area contributed by atoms with Crippen LogP contribution >= 0.6 is 0 Å². The Morgan fingerprint density at radius 3 is 2.60 bits per heavy atom. The van der Waals surface area contributed by atoms with Crippen LogP contribution in [0.25, 0.3) is 0 Å². The van der Waals surface area contributed by atoms with Crippen LogP contribution in [0.3, 0.4) is 0 Å². The quantitative estimate of drug-likeness (QED) is 0.614. The van der Waals surface area contributed by atoms with Gasteiger partial charge in [0.25, 0.3) is 10.0 Å². The number of carbonyl (C=O) groups is 1. The van der Waals surface area contributed by atoms with Crippen LogP contribution in [0.1, 0.15) is 13.8 Å². The lowest BCUT2D eigenvalue weighted by Crippen LogP contribution is -2.52. The Morgan fingerprint density at radius 1 is 1.60 bits per heavy atom. The standard InChI is InChI=1S/C7H12N4O3S/c1-7(2,6(8)12)11-15(13,14)5-3-9-4-10-5/h3-4,11H,1-2H3,(H2,8,12)(H,9,10). The smallest absolute Gasteiger partial charge is 0.258 e. The molecule has 0 aliphatic heterocycles. The van der Waals surface area contributed by atoms with Gasteiger partial charge >= 0.3 is 0 Å². The predicted octanol–water partition coefficient (Wildman–Crippen LogP) is -1.05. The van der Waals surface area contributed by atoms with Gasteiger partial charge in [0.05, 0.1) is 12.5 Å². The van der Waals surface area contributed by atoms with Crippen LogP contribution in [0.15, 0.2) is 17.6 Å². The monoisotopic (exact) mass is 232 g/mol. The van der Waals surface area contributed by atoms with E-state index in [1.165, 1.54) is 20.2 Å². The Balaban J connectivity index is 2.97. The Morgan fingerprint density at radius 2 is 2.20 bits per heavy atom. The van der Waals surface area contributed by atoms with Gasteiger partial charge in [0, 0.05) is 0 Å². The molecular weight excluding hydrogens is 220 g/mol. The van der Waals surface area contributed by atoms with Gasteiger partial charge in [-0.05, 0) is 13.8 Å². The number of nitrogens with zero attached hydrogens (tertiary/aromatic N) is 1. The van der Waals surface area contributed by atoms with Gasteiger partial charge in [-0.25, -0.2) is 13.4 Å². The summed E-state index contributed by atoms with van der Waals surface area (Å²) in [7, 11) is -3.79. The fourth-order valence-corrected chi connectivity index (χ4v) is 2.12. The molecule has 1 rings (SSSR count). The molecule has 0 aromatic carbocycles. The molecule has 4 N–H and O–H groups in total. The van der Waals surface area contributed by atoms with Gasteiger partial charge in [-0.2, -0.15) is 4.72 Å². The number of amides is 1. The van der Waals surface area contributed by atoms with Crippen molar-refractivity contribution < 1.29 is 13.2 Å². The summed E-state index contributed by atoms with van der Waals surface area (Å²) >= 11 is 0. The third kappa shape index (κ3) is 2.54. The van der Waals surface area contributed by atoms with Crippen LogP contribution in [-0.4, -0.2) is 29.8 Å². The predicted molar refractivity (Wildman–Crippen MR) is 52.2 cm³/mol. The minimum atomic E-state index is -3.79. The zero-order chi connectivity index (χ0) is 11.7. The molecule has 0 aliphatic carbocycles. The van der Waals surface area contributed by atoms with Crippen molar-refractivity contribution in [2.75, 3.05) is 0 Å². The van der Waals surface area contributed by atoms with Gasteiger partial charge in [-0.3, -0.25) is 4.79 Å². The number of imidazole rings is 1. The number of aromatic nitrogens is 2. The summed E-state index contributed by atoms with van der Waals surface area (Å²) in [4.78, 5) is 16.9. The maximum atomic E-state index is 11.6. The van der Waals surface area contributed by atoms with E-state index in [1.54, 1.807) is 0 Å². The molecule has 0 unspecified atom stereocenters. The van der Waals surface area contributed by atoms with Crippen molar-refractivity contribution in [1.82, 2.24) is 14.7 Å². The molecule has 0 bridgehead atoms. The molecule has 15 heavy (non-hydrogen) atoms. The molecule has 0 radical (unpaired) electrons. The number of hydrogen-bond donors (Lipinski definition) is 3. The van der Waals surface area contributed by atoms with Crippen molar-refractivity contribution >= 4 is 15.9 Å². The van der Waals surface area contributed by atoms with Crippen LogP contribution in [-0.2, 0) is 14.8 Å². The highest BCUT2D eigenvalue weighted by Crippen LogP contribution is 2.09. The molecule has 0 spiro atoms. The summed E-state index contributed by atoms with van der Waals surface area (Å²) in [5.74, 6) is -0.759. The number of primary amides is 1. The van der Waals surface area contributed by atoms with Crippen molar-refractivity contribution in [3.63, 3.8) is 0 Å². The van der Waals surface area contributed by atoms with E-state index in [9.17, 15) is 13.2 Å². The Kier molecular flexibility index (Phi) is 2.82. The number of carbonyl (C=O) groups excluding carboxylic acids is 1. The van der Waals surface area contributed by atoms with Crippen molar-refractivity contribution in [3.05, 3.63) is 12.5 Å². The van der Waals surface area contributed by atoms with Gasteiger partial charge < -0.3 is 10.7 Å². The average molecular weight is 232 g/mol. The molecule has 1 heterocycles. The lowest BCUT2D eigenvalue weighted by atomic mass is 10.1. The molecule has 1 aromatic heterocycles. The van der Waals surface area contributed by atoms with E-state index in [0.717, 1.165) is 6.20 Å². The second-order valence-electron chi connectivity index (χ2n) is 3.51. The SMILES string of the molecule is CC(C)(NS(=O)(=O)c1cnc[nH]1)C(N)=O. The summed E-state index contributed by atoms with van der Waals surface area (Å²) in [6, 6.07) is 0. The van der Waals surface area contributed by atoms with E-state index < -0.39 is 21.5 Å². The summed E-state index contributed by atoms with van der Waals surface area (Å²) in [6.45, 7) is 2.76. The molecule has 0 fully saturated rings. The normalized spacial score (nSPS) is 12.7. The summed E-state index contributed by atoms with van der Waals surface area (Å²) in [6.07, 6.45) is 2.37. The van der Waals surface area contributed by atoms with Crippen LogP contribution in [0.5, 0.6) is 0 Å². The molecule has 1 aromatic rings. The number of nitrogens with one attached hydrogen (secondary N) is 2. The maximum absolute atomic E-state index is 11.6. The van der Waals surface area contributed by atoms with Crippen molar-refractivity contribution in [3.8, 4) is 0 Å². The lowest BCUT2D eigenvalue weighted by molar-refractivity contribution is -0.122. The fraction of sp³-hybridized carbons (Fsp3) is 0.429. The van der Waals surface area contributed by atoms with E-state index in [1.807, 2.05) is 0 Å². The minimum Gasteiger partial charge on any atom is -0.368 e. The molecule has 0 aliphatic rings. The first kappa shape index (κ1) is 11.7. The Bertz CT molecular complexity index is 449. The molecule has 7 nitrogen and oxygen atoms in total. The third-order valence-corrected chi connectivity index (χ3v) is 3.35. The van der Waals surface area contributed by atoms with Crippen LogP contribution < -0.4 is 10.5 Å². The lowest BCUT2D eigenvalue weighted by Gasteiger charge is -2.21.